The molecule has 32 heavy (non-hydrogen) atoms. The lowest BCUT2D eigenvalue weighted by Gasteiger charge is -2.58. The number of ether oxygens (including phenoxy) is 3. The zero-order valence-electron chi connectivity index (χ0n) is 18.1. The minimum atomic E-state index is -0.810. The van der Waals surface area contributed by atoms with E-state index in [1.165, 1.54) is 32.4 Å². The normalized spacial score (nSPS) is 29.8. The number of nitrogens with one attached hydrogen (secondary N) is 1. The molecule has 0 heterocycles. The van der Waals surface area contributed by atoms with Crippen LogP contribution in [0, 0.1) is 17.3 Å². The number of rotatable bonds is 6. The molecule has 4 saturated carbocycles. The molecule has 9 nitrogen and oxygen atoms in total. The largest absolute Gasteiger partial charge is 0.465 e. The number of anilines is 1. The maximum atomic E-state index is 13.0. The zero-order chi connectivity index (χ0) is 23.1. The SMILES string of the molecule is COC(=O)c1ccc(C(=O)OC)c(NC(=O)COC(=O)C23C[C@@H]4C[C@@H](CC(O)(C4)C2)C3)c1. The van der Waals surface area contributed by atoms with Gasteiger partial charge in [-0.05, 0) is 68.6 Å². The summed E-state index contributed by atoms with van der Waals surface area (Å²) in [6.07, 6.45) is 4.23. The Morgan fingerprint density at radius 1 is 1.03 bits per heavy atom. The van der Waals surface area contributed by atoms with E-state index in [1.807, 2.05) is 0 Å². The number of amides is 1. The van der Waals surface area contributed by atoms with Crippen LogP contribution in [0.3, 0.4) is 0 Å². The van der Waals surface area contributed by atoms with E-state index in [0.717, 1.165) is 19.3 Å². The molecule has 2 N–H and O–H groups in total. The third-order valence-corrected chi connectivity index (χ3v) is 6.92. The molecule has 1 aromatic carbocycles. The second-order valence-electron chi connectivity index (χ2n) is 9.33. The van der Waals surface area contributed by atoms with E-state index in [2.05, 4.69) is 10.1 Å². The molecule has 4 aliphatic carbocycles. The number of hydrogen-bond acceptors (Lipinski definition) is 8. The van der Waals surface area contributed by atoms with Gasteiger partial charge in [-0.1, -0.05) is 0 Å². The van der Waals surface area contributed by atoms with Gasteiger partial charge in [0.15, 0.2) is 6.61 Å². The average molecular weight is 445 g/mol. The molecule has 4 fully saturated rings. The van der Waals surface area contributed by atoms with Gasteiger partial charge < -0.3 is 24.6 Å². The highest BCUT2D eigenvalue weighted by Crippen LogP contribution is 2.61. The molecule has 172 valence electrons. The van der Waals surface area contributed by atoms with Crippen LogP contribution in [-0.2, 0) is 23.8 Å². The Kier molecular flexibility index (Phi) is 5.70. The summed E-state index contributed by atoms with van der Waals surface area (Å²) in [5.41, 5.74) is -1.32. The lowest BCUT2D eigenvalue weighted by Crippen LogP contribution is -2.58. The zero-order valence-corrected chi connectivity index (χ0v) is 18.1. The Morgan fingerprint density at radius 2 is 1.69 bits per heavy atom. The molecule has 5 rings (SSSR count). The van der Waals surface area contributed by atoms with Gasteiger partial charge in [0.05, 0.1) is 42.0 Å². The van der Waals surface area contributed by atoms with Crippen molar-refractivity contribution in [1.82, 2.24) is 0 Å². The summed E-state index contributed by atoms with van der Waals surface area (Å²) in [4.78, 5) is 49.3. The van der Waals surface area contributed by atoms with Gasteiger partial charge in [0.2, 0.25) is 0 Å². The van der Waals surface area contributed by atoms with Crippen LogP contribution >= 0.6 is 0 Å². The van der Waals surface area contributed by atoms with Gasteiger partial charge >= 0.3 is 17.9 Å². The van der Waals surface area contributed by atoms with Crippen LogP contribution in [0.4, 0.5) is 5.69 Å². The first-order valence-corrected chi connectivity index (χ1v) is 10.7. The van der Waals surface area contributed by atoms with Crippen LogP contribution < -0.4 is 5.32 Å². The van der Waals surface area contributed by atoms with Crippen LogP contribution in [0.25, 0.3) is 0 Å². The topological polar surface area (TPSA) is 128 Å². The number of hydrogen-bond donors (Lipinski definition) is 2. The molecule has 1 aromatic rings. The fraction of sp³-hybridized carbons (Fsp3) is 0.565. The van der Waals surface area contributed by atoms with E-state index >= 15 is 0 Å². The van der Waals surface area contributed by atoms with Crippen LogP contribution in [-0.4, -0.2) is 55.3 Å². The van der Waals surface area contributed by atoms with Crippen LogP contribution in [0.1, 0.15) is 59.2 Å². The molecule has 4 bridgehead atoms. The molecule has 4 aliphatic rings. The summed E-state index contributed by atoms with van der Waals surface area (Å²) in [7, 11) is 2.42. The van der Waals surface area contributed by atoms with Crippen LogP contribution in [0.2, 0.25) is 0 Å². The van der Waals surface area contributed by atoms with Crippen LogP contribution in [0.15, 0.2) is 18.2 Å². The number of benzene rings is 1. The Labute approximate surface area is 185 Å². The Balaban J connectivity index is 1.43. The van der Waals surface area contributed by atoms with Gasteiger partial charge in [-0.2, -0.15) is 0 Å². The molecule has 4 atom stereocenters. The monoisotopic (exact) mass is 445 g/mol. The standard InChI is InChI=1S/C23H27NO8/c1-30-19(26)15-3-4-16(20(27)31-2)17(6-15)24-18(25)11-32-21(28)22-7-13-5-14(8-22)10-23(29,9-13)12-22/h3-4,6,13-14,29H,5,7-12H2,1-2H3,(H,24,25)/t13-,14+,22?,23?. The van der Waals surface area contributed by atoms with E-state index in [0.29, 0.717) is 31.1 Å². The van der Waals surface area contributed by atoms with E-state index in [4.69, 9.17) is 9.47 Å². The minimum absolute atomic E-state index is 0.0446. The van der Waals surface area contributed by atoms with Gasteiger partial charge in [-0.3, -0.25) is 9.59 Å². The maximum absolute atomic E-state index is 13.0. The highest BCUT2D eigenvalue weighted by Gasteiger charge is 2.60. The molecule has 9 heteroatoms. The lowest BCUT2D eigenvalue weighted by molar-refractivity contribution is -0.196. The fourth-order valence-electron chi connectivity index (χ4n) is 6.10. The number of carbonyl (C=O) groups excluding carboxylic acids is 4. The van der Waals surface area contributed by atoms with Gasteiger partial charge in [0.1, 0.15) is 0 Å². The lowest BCUT2D eigenvalue weighted by atomic mass is 9.48. The Hall–Kier alpha value is -2.94. The highest BCUT2D eigenvalue weighted by atomic mass is 16.5. The summed E-state index contributed by atoms with van der Waals surface area (Å²) in [5, 5.41) is 13.3. The van der Waals surface area contributed by atoms with Crippen molar-refractivity contribution in [2.75, 3.05) is 26.1 Å². The van der Waals surface area contributed by atoms with Crippen molar-refractivity contribution in [2.24, 2.45) is 17.3 Å². The molecular formula is C23H27NO8. The predicted octanol–water partition coefficient (Wildman–Crippen LogP) is 2.07. The third kappa shape index (κ3) is 4.09. The summed E-state index contributed by atoms with van der Waals surface area (Å²) in [6.45, 7) is -0.544. The van der Waals surface area contributed by atoms with Crippen molar-refractivity contribution in [3.8, 4) is 0 Å². The van der Waals surface area contributed by atoms with E-state index in [9.17, 15) is 24.3 Å². The molecule has 0 aliphatic heterocycles. The second kappa shape index (κ2) is 8.20. The fourth-order valence-corrected chi connectivity index (χ4v) is 6.10. The molecular weight excluding hydrogens is 418 g/mol. The first kappa shape index (κ1) is 22.3. The second-order valence-corrected chi connectivity index (χ2v) is 9.33. The van der Waals surface area contributed by atoms with Crippen molar-refractivity contribution in [3.63, 3.8) is 0 Å². The summed E-state index contributed by atoms with van der Waals surface area (Å²) >= 11 is 0. The van der Waals surface area contributed by atoms with Gasteiger partial charge in [-0.15, -0.1) is 0 Å². The quantitative estimate of drug-likeness (QED) is 0.503. The highest BCUT2D eigenvalue weighted by molar-refractivity contribution is 6.04. The van der Waals surface area contributed by atoms with Crippen LogP contribution in [0.5, 0.6) is 0 Å². The van der Waals surface area contributed by atoms with Gasteiger partial charge in [0.25, 0.3) is 5.91 Å². The average Bonchev–Trinajstić information content (AvgIpc) is 2.74. The summed E-state index contributed by atoms with van der Waals surface area (Å²) in [5.74, 6) is -1.83. The molecule has 0 aromatic heterocycles. The van der Waals surface area contributed by atoms with Crippen molar-refractivity contribution in [1.29, 1.82) is 0 Å². The van der Waals surface area contributed by atoms with Gasteiger partial charge in [-0.25, -0.2) is 9.59 Å². The number of carbonyl (C=O) groups is 4. The first-order chi connectivity index (χ1) is 15.2. The maximum Gasteiger partial charge on any atom is 0.339 e. The number of aliphatic hydroxyl groups is 1. The van der Waals surface area contributed by atoms with Crippen molar-refractivity contribution in [3.05, 3.63) is 29.3 Å². The molecule has 0 radical (unpaired) electrons. The number of esters is 3. The van der Waals surface area contributed by atoms with Crippen molar-refractivity contribution >= 4 is 29.5 Å². The van der Waals surface area contributed by atoms with E-state index in [1.54, 1.807) is 0 Å². The minimum Gasteiger partial charge on any atom is -0.465 e. The van der Waals surface area contributed by atoms with Gasteiger partial charge in [0, 0.05) is 0 Å². The van der Waals surface area contributed by atoms with Crippen molar-refractivity contribution < 1.29 is 38.5 Å². The van der Waals surface area contributed by atoms with E-state index < -0.39 is 41.4 Å². The third-order valence-electron chi connectivity index (χ3n) is 6.92. The Morgan fingerprint density at radius 3 is 2.28 bits per heavy atom. The summed E-state index contributed by atoms with van der Waals surface area (Å²) < 4.78 is 14.7. The molecule has 0 saturated heterocycles. The van der Waals surface area contributed by atoms with Crippen molar-refractivity contribution in [2.45, 2.75) is 44.1 Å². The molecule has 1 amide bonds. The van der Waals surface area contributed by atoms with E-state index in [-0.39, 0.29) is 16.8 Å². The number of methoxy groups -OCH3 is 2. The molecule has 0 spiro atoms. The first-order valence-electron chi connectivity index (χ1n) is 10.7. The predicted molar refractivity (Wildman–Crippen MR) is 111 cm³/mol. The summed E-state index contributed by atoms with van der Waals surface area (Å²) in [6, 6.07) is 4.02. The smallest absolute Gasteiger partial charge is 0.339 e. The molecule has 2 unspecified atom stereocenters. The Bertz CT molecular complexity index is 957.